The first-order valence-corrected chi connectivity index (χ1v) is 10.2. The Balaban J connectivity index is 1.77. The van der Waals surface area contributed by atoms with E-state index in [1.807, 2.05) is 7.05 Å². The number of benzene rings is 1. The van der Waals surface area contributed by atoms with Gasteiger partial charge in [0.15, 0.2) is 15.7 Å². The van der Waals surface area contributed by atoms with Gasteiger partial charge in [0.2, 0.25) is 5.91 Å². The minimum atomic E-state index is -3.70. The van der Waals surface area contributed by atoms with Crippen LogP contribution in [0.1, 0.15) is 11.9 Å². The lowest BCUT2D eigenvalue weighted by atomic mass is 10.2. The molecule has 3 rings (SSSR count). The maximum Gasteiger partial charge on any atom is 0.257 e. The fourth-order valence-corrected chi connectivity index (χ4v) is 4.06. The number of aromatic nitrogens is 2. The Morgan fingerprint density at radius 1 is 1.33 bits per heavy atom. The topological polar surface area (TPSA) is 109 Å². The molecule has 1 amide bonds. The van der Waals surface area contributed by atoms with E-state index in [1.54, 1.807) is 12.1 Å². The van der Waals surface area contributed by atoms with E-state index in [0.717, 1.165) is 19.6 Å². The van der Waals surface area contributed by atoms with Crippen LogP contribution in [0, 0.1) is 0 Å². The summed E-state index contributed by atoms with van der Waals surface area (Å²) < 4.78 is 30.0. The molecule has 1 fully saturated rings. The molecule has 0 bridgehead atoms. The van der Waals surface area contributed by atoms with Gasteiger partial charge >= 0.3 is 0 Å². The Kier molecular flexibility index (Phi) is 5.59. The first-order chi connectivity index (χ1) is 12.8. The molecule has 1 unspecified atom stereocenters. The van der Waals surface area contributed by atoms with Gasteiger partial charge in [-0.3, -0.25) is 9.69 Å². The number of nitrogens with one attached hydrogen (secondary N) is 1. The highest BCUT2D eigenvalue weighted by Crippen LogP contribution is 2.24. The monoisotopic (exact) mass is 393 g/mol. The van der Waals surface area contributed by atoms with Crippen LogP contribution in [-0.2, 0) is 14.6 Å². The van der Waals surface area contributed by atoms with E-state index in [4.69, 9.17) is 4.52 Å². The van der Waals surface area contributed by atoms with Crippen LogP contribution in [0.25, 0.3) is 11.5 Å². The Hall–Kier alpha value is -2.30. The summed E-state index contributed by atoms with van der Waals surface area (Å²) in [4.78, 5) is 19.6. The molecule has 1 aromatic carbocycles. The molecule has 9 nitrogen and oxygen atoms in total. The normalized spacial score (nSPS) is 18.4. The van der Waals surface area contributed by atoms with Gasteiger partial charge in [-0.2, -0.15) is 4.98 Å². The SMILES string of the molecule is CN(C)C(=O)CS(=O)(=O)c1ccc(-c2nc(C3CNCCN3C)no2)cc1. The molecule has 0 saturated carbocycles. The number of piperazine rings is 1. The standard InChI is InChI=1S/C17H23N5O4S/c1-21(2)15(23)11-27(24,25)13-6-4-12(5-7-13)17-19-16(20-26-17)14-10-18-8-9-22(14)3/h4-7,14,18H,8-11H2,1-3H3. The smallest absolute Gasteiger partial charge is 0.257 e. The largest absolute Gasteiger partial charge is 0.348 e. The van der Waals surface area contributed by atoms with Crippen molar-refractivity contribution in [3.8, 4) is 11.5 Å². The second-order valence-electron chi connectivity index (χ2n) is 6.73. The summed E-state index contributed by atoms with van der Waals surface area (Å²) in [6.45, 7) is 2.56. The van der Waals surface area contributed by atoms with Crippen LogP contribution in [0.5, 0.6) is 0 Å². The van der Waals surface area contributed by atoms with Crippen LogP contribution in [0.15, 0.2) is 33.7 Å². The maximum absolute atomic E-state index is 12.3. The summed E-state index contributed by atoms with van der Waals surface area (Å²) in [5.74, 6) is -0.110. The Morgan fingerprint density at radius 3 is 2.67 bits per heavy atom. The van der Waals surface area contributed by atoms with E-state index in [0.29, 0.717) is 17.3 Å². The highest BCUT2D eigenvalue weighted by Gasteiger charge is 2.26. The van der Waals surface area contributed by atoms with Gasteiger partial charge in [0.25, 0.3) is 5.89 Å². The van der Waals surface area contributed by atoms with Crippen molar-refractivity contribution in [2.24, 2.45) is 0 Å². The number of hydrogen-bond acceptors (Lipinski definition) is 8. The minimum Gasteiger partial charge on any atom is -0.348 e. The van der Waals surface area contributed by atoms with Crippen LogP contribution in [-0.4, -0.2) is 80.8 Å². The second-order valence-corrected chi connectivity index (χ2v) is 8.72. The zero-order chi connectivity index (χ0) is 19.6. The molecule has 0 spiro atoms. The highest BCUT2D eigenvalue weighted by atomic mass is 32.2. The third-order valence-corrected chi connectivity index (χ3v) is 6.14. The number of sulfone groups is 1. The molecule has 1 aromatic heterocycles. The fourth-order valence-electron chi connectivity index (χ4n) is 2.76. The third-order valence-electron chi connectivity index (χ3n) is 4.52. The van der Waals surface area contributed by atoms with Gasteiger partial charge in [-0.1, -0.05) is 5.16 Å². The van der Waals surface area contributed by atoms with E-state index in [2.05, 4.69) is 20.4 Å². The van der Waals surface area contributed by atoms with Crippen LogP contribution in [0.2, 0.25) is 0 Å². The number of likely N-dealkylation sites (N-methyl/N-ethyl adjacent to an activating group) is 1. The van der Waals surface area contributed by atoms with Crippen molar-refractivity contribution in [1.29, 1.82) is 0 Å². The van der Waals surface area contributed by atoms with Crippen molar-refractivity contribution in [2.45, 2.75) is 10.9 Å². The summed E-state index contributed by atoms with van der Waals surface area (Å²) in [7, 11) is 1.36. The van der Waals surface area contributed by atoms with E-state index >= 15 is 0 Å². The molecule has 2 aromatic rings. The van der Waals surface area contributed by atoms with Crippen LogP contribution in [0.4, 0.5) is 0 Å². The van der Waals surface area contributed by atoms with Crippen LogP contribution >= 0.6 is 0 Å². The number of amides is 1. The lowest BCUT2D eigenvalue weighted by molar-refractivity contribution is -0.125. The molecule has 146 valence electrons. The predicted molar refractivity (Wildman–Crippen MR) is 98.7 cm³/mol. The van der Waals surface area contributed by atoms with Crippen LogP contribution < -0.4 is 5.32 Å². The molecule has 1 saturated heterocycles. The average molecular weight is 393 g/mol. The van der Waals surface area contributed by atoms with Crippen LogP contribution in [0.3, 0.4) is 0 Å². The molecular formula is C17H23N5O4S. The summed E-state index contributed by atoms with van der Waals surface area (Å²) >= 11 is 0. The second kappa shape index (κ2) is 7.75. The average Bonchev–Trinajstić information content (AvgIpc) is 3.11. The Bertz CT molecular complexity index is 908. The van der Waals surface area contributed by atoms with Crippen molar-refractivity contribution < 1.29 is 17.7 Å². The predicted octanol–water partition coefficient (Wildman–Crippen LogP) is 0.175. The minimum absolute atomic E-state index is 0.0351. The number of hydrogen-bond donors (Lipinski definition) is 1. The molecule has 1 aliphatic rings. The Labute approximate surface area is 158 Å². The number of carbonyl (C=O) groups is 1. The number of carbonyl (C=O) groups excluding carboxylic acids is 1. The molecule has 1 atom stereocenters. The van der Waals surface area contributed by atoms with E-state index < -0.39 is 21.5 Å². The quantitative estimate of drug-likeness (QED) is 0.766. The summed E-state index contributed by atoms with van der Waals surface area (Å²) in [6, 6.07) is 6.14. The van der Waals surface area contributed by atoms with Crippen molar-refractivity contribution in [3.05, 3.63) is 30.1 Å². The first kappa shape index (κ1) is 19.5. The molecule has 0 radical (unpaired) electrons. The first-order valence-electron chi connectivity index (χ1n) is 8.56. The summed E-state index contributed by atoms with van der Waals surface area (Å²) in [5.41, 5.74) is 0.623. The van der Waals surface area contributed by atoms with Gasteiger partial charge in [0.05, 0.1) is 10.9 Å². The summed E-state index contributed by atoms with van der Waals surface area (Å²) in [5, 5.41) is 7.36. The zero-order valence-electron chi connectivity index (χ0n) is 15.5. The molecule has 27 heavy (non-hydrogen) atoms. The maximum atomic E-state index is 12.3. The number of nitrogens with zero attached hydrogens (tertiary/aromatic N) is 4. The van der Waals surface area contributed by atoms with Gasteiger partial charge in [0, 0.05) is 39.3 Å². The molecule has 2 heterocycles. The zero-order valence-corrected chi connectivity index (χ0v) is 16.4. The van der Waals surface area contributed by atoms with Gasteiger partial charge in [-0.25, -0.2) is 8.42 Å². The molecule has 0 aliphatic carbocycles. The van der Waals surface area contributed by atoms with Gasteiger partial charge < -0.3 is 14.7 Å². The highest BCUT2D eigenvalue weighted by molar-refractivity contribution is 7.92. The lowest BCUT2D eigenvalue weighted by Crippen LogP contribution is -2.44. The summed E-state index contributed by atoms with van der Waals surface area (Å²) in [6.07, 6.45) is 0. The van der Waals surface area contributed by atoms with E-state index in [-0.39, 0.29) is 10.9 Å². The lowest BCUT2D eigenvalue weighted by Gasteiger charge is -2.30. The van der Waals surface area contributed by atoms with Crippen molar-refractivity contribution >= 4 is 15.7 Å². The molecule has 1 N–H and O–H groups in total. The van der Waals surface area contributed by atoms with Gasteiger partial charge in [0.1, 0.15) is 5.75 Å². The van der Waals surface area contributed by atoms with E-state index in [9.17, 15) is 13.2 Å². The number of rotatable bonds is 5. The van der Waals surface area contributed by atoms with E-state index in [1.165, 1.54) is 31.1 Å². The third kappa shape index (κ3) is 4.34. The fraction of sp³-hybridized carbons (Fsp3) is 0.471. The molecule has 1 aliphatic heterocycles. The van der Waals surface area contributed by atoms with Crippen molar-refractivity contribution in [2.75, 3.05) is 46.5 Å². The Morgan fingerprint density at radius 2 is 2.04 bits per heavy atom. The van der Waals surface area contributed by atoms with Gasteiger partial charge in [-0.15, -0.1) is 0 Å². The van der Waals surface area contributed by atoms with Crippen molar-refractivity contribution in [1.82, 2.24) is 25.3 Å². The molecule has 10 heteroatoms. The molecular weight excluding hydrogens is 370 g/mol. The van der Waals surface area contributed by atoms with Crippen molar-refractivity contribution in [3.63, 3.8) is 0 Å². The van der Waals surface area contributed by atoms with Gasteiger partial charge in [-0.05, 0) is 31.3 Å².